The molecule has 0 aromatic heterocycles. The summed E-state index contributed by atoms with van der Waals surface area (Å²) in [4.78, 5) is 23.9. The lowest BCUT2D eigenvalue weighted by atomic mass is 10.0. The Morgan fingerprint density at radius 2 is 1.83 bits per heavy atom. The number of carbonyl (C=O) groups excluding carboxylic acids is 2. The molecule has 0 spiro atoms. The van der Waals surface area contributed by atoms with Crippen molar-refractivity contribution >= 4 is 11.9 Å². The summed E-state index contributed by atoms with van der Waals surface area (Å²) in [6, 6.07) is 2.85. The summed E-state index contributed by atoms with van der Waals surface area (Å²) in [6.45, 7) is 6.86. The Bertz CT molecular complexity index is 565. The second kappa shape index (κ2) is 7.80. The fourth-order valence-corrected chi connectivity index (χ4v) is 1.76. The van der Waals surface area contributed by atoms with Gasteiger partial charge in [0.2, 0.25) is 0 Å². The molecule has 0 aliphatic heterocycles. The number of benzene rings is 1. The van der Waals surface area contributed by atoms with Gasteiger partial charge in [-0.3, -0.25) is 4.79 Å². The molecule has 1 aromatic rings. The van der Waals surface area contributed by atoms with Gasteiger partial charge in [-0.2, -0.15) is 13.2 Å². The van der Waals surface area contributed by atoms with Crippen molar-refractivity contribution in [3.8, 4) is 0 Å². The van der Waals surface area contributed by atoms with Crippen LogP contribution in [0.15, 0.2) is 36.9 Å². The van der Waals surface area contributed by atoms with Crippen molar-refractivity contribution in [3.05, 3.63) is 48.0 Å². The number of alkyl halides is 3. The second-order valence-corrected chi connectivity index (χ2v) is 5.19. The molecule has 126 valence electrons. The van der Waals surface area contributed by atoms with Crippen LogP contribution in [0.3, 0.4) is 0 Å². The molecule has 1 N–H and O–H groups in total. The van der Waals surface area contributed by atoms with Gasteiger partial charge in [0.05, 0.1) is 5.56 Å². The summed E-state index contributed by atoms with van der Waals surface area (Å²) in [6.07, 6.45) is -3.07. The largest absolute Gasteiger partial charge is 0.460 e. The highest BCUT2D eigenvalue weighted by Gasteiger charge is 2.31. The predicted molar refractivity (Wildman–Crippen MR) is 78.7 cm³/mol. The monoisotopic (exact) mass is 329 g/mol. The molecule has 0 bridgehead atoms. The summed E-state index contributed by atoms with van der Waals surface area (Å²) < 4.78 is 42.4. The van der Waals surface area contributed by atoms with E-state index in [0.29, 0.717) is 0 Å². The molecule has 0 unspecified atom stereocenters. The summed E-state index contributed by atoms with van der Waals surface area (Å²) >= 11 is 0. The Balaban J connectivity index is 2.83. The van der Waals surface area contributed by atoms with Gasteiger partial charge in [0.25, 0.3) is 5.91 Å². The third kappa shape index (κ3) is 5.43. The summed E-state index contributed by atoms with van der Waals surface area (Å²) in [7, 11) is 0. The molecule has 4 nitrogen and oxygen atoms in total. The minimum Gasteiger partial charge on any atom is -0.460 e. The molecule has 0 aliphatic rings. The first-order chi connectivity index (χ1) is 10.7. The Labute approximate surface area is 132 Å². The Hall–Kier alpha value is -2.31. The molecule has 0 heterocycles. The van der Waals surface area contributed by atoms with Crippen molar-refractivity contribution in [1.82, 2.24) is 5.32 Å². The van der Waals surface area contributed by atoms with E-state index in [4.69, 9.17) is 4.74 Å². The number of rotatable bonds is 6. The number of esters is 1. The van der Waals surface area contributed by atoms with Crippen LogP contribution >= 0.6 is 0 Å². The van der Waals surface area contributed by atoms with Gasteiger partial charge in [-0.25, -0.2) is 4.79 Å². The quantitative estimate of drug-likeness (QED) is 0.644. The molecule has 7 heteroatoms. The normalized spacial score (nSPS) is 12.6. The van der Waals surface area contributed by atoms with Crippen LogP contribution in [0.1, 0.15) is 29.8 Å². The molecular weight excluding hydrogens is 311 g/mol. The van der Waals surface area contributed by atoms with Crippen LogP contribution in [0, 0.1) is 5.92 Å². The number of amides is 1. The van der Waals surface area contributed by atoms with Gasteiger partial charge in [0.15, 0.2) is 0 Å². The number of halogens is 3. The van der Waals surface area contributed by atoms with E-state index in [1.54, 1.807) is 13.8 Å². The van der Waals surface area contributed by atoms with Crippen molar-refractivity contribution in [2.45, 2.75) is 26.1 Å². The molecular formula is C16H18F3NO3. The summed E-state index contributed by atoms with van der Waals surface area (Å²) in [5.41, 5.74) is -0.819. The second-order valence-electron chi connectivity index (χ2n) is 5.19. The average molecular weight is 329 g/mol. The maximum absolute atomic E-state index is 12.5. The molecule has 1 rings (SSSR count). The van der Waals surface area contributed by atoms with Gasteiger partial charge < -0.3 is 10.1 Å². The zero-order valence-corrected chi connectivity index (χ0v) is 12.8. The van der Waals surface area contributed by atoms with E-state index in [0.717, 1.165) is 24.3 Å². The Morgan fingerprint density at radius 1 is 1.26 bits per heavy atom. The van der Waals surface area contributed by atoms with E-state index in [9.17, 15) is 22.8 Å². The Kier molecular flexibility index (Phi) is 6.36. The average Bonchev–Trinajstić information content (AvgIpc) is 2.48. The Morgan fingerprint density at radius 3 is 2.26 bits per heavy atom. The van der Waals surface area contributed by atoms with Gasteiger partial charge in [0.1, 0.15) is 12.6 Å². The van der Waals surface area contributed by atoms with E-state index in [1.807, 2.05) is 0 Å². The maximum Gasteiger partial charge on any atom is 0.416 e. The highest BCUT2D eigenvalue weighted by molar-refractivity contribution is 5.96. The highest BCUT2D eigenvalue weighted by Crippen LogP contribution is 2.29. The molecule has 23 heavy (non-hydrogen) atoms. The fourth-order valence-electron chi connectivity index (χ4n) is 1.76. The van der Waals surface area contributed by atoms with Gasteiger partial charge >= 0.3 is 12.1 Å². The molecule has 1 aromatic carbocycles. The van der Waals surface area contributed by atoms with Crippen LogP contribution in [0.2, 0.25) is 0 Å². The van der Waals surface area contributed by atoms with Crippen molar-refractivity contribution in [2.75, 3.05) is 6.61 Å². The maximum atomic E-state index is 12.5. The van der Waals surface area contributed by atoms with Crippen molar-refractivity contribution in [2.24, 2.45) is 5.92 Å². The number of hydrogen-bond donors (Lipinski definition) is 1. The standard InChI is InChI=1S/C16H18F3NO3/c1-4-9-23-15(22)13(10(2)3)20-14(21)11-5-7-12(8-6-11)16(17,18)19/h4-8,10,13H,1,9H2,2-3H3,(H,20,21)/t13-/m0/s1. The summed E-state index contributed by atoms with van der Waals surface area (Å²) in [5.74, 6) is -1.51. The van der Waals surface area contributed by atoms with Gasteiger partial charge in [-0.1, -0.05) is 26.5 Å². The first-order valence-electron chi connectivity index (χ1n) is 6.92. The number of carbonyl (C=O) groups is 2. The van der Waals surface area contributed by atoms with Crippen molar-refractivity contribution in [3.63, 3.8) is 0 Å². The molecule has 0 fully saturated rings. The topological polar surface area (TPSA) is 55.4 Å². The van der Waals surface area contributed by atoms with Gasteiger partial charge in [-0.15, -0.1) is 0 Å². The zero-order valence-electron chi connectivity index (χ0n) is 12.8. The smallest absolute Gasteiger partial charge is 0.416 e. The van der Waals surface area contributed by atoms with Crippen LogP contribution in [0.25, 0.3) is 0 Å². The third-order valence-electron chi connectivity index (χ3n) is 3.03. The number of hydrogen-bond acceptors (Lipinski definition) is 3. The first kappa shape index (κ1) is 18.7. The van der Waals surface area contributed by atoms with E-state index in [-0.39, 0.29) is 18.1 Å². The van der Waals surface area contributed by atoms with Crippen molar-refractivity contribution in [1.29, 1.82) is 0 Å². The van der Waals surface area contributed by atoms with Crippen molar-refractivity contribution < 1.29 is 27.5 Å². The minimum absolute atomic E-state index is 0.0121. The lowest BCUT2D eigenvalue weighted by Gasteiger charge is -2.20. The van der Waals surface area contributed by atoms with E-state index < -0.39 is 29.7 Å². The molecule has 0 radical (unpaired) electrons. The van der Waals surface area contributed by atoms with Crippen LogP contribution in [-0.2, 0) is 15.7 Å². The molecule has 0 saturated heterocycles. The zero-order chi connectivity index (χ0) is 17.6. The van der Waals surface area contributed by atoms with Gasteiger partial charge in [-0.05, 0) is 30.2 Å². The van der Waals surface area contributed by atoms with Crippen LogP contribution in [0.4, 0.5) is 13.2 Å². The first-order valence-corrected chi connectivity index (χ1v) is 6.92. The van der Waals surface area contributed by atoms with E-state index in [1.165, 1.54) is 6.08 Å². The number of ether oxygens (including phenoxy) is 1. The lowest BCUT2D eigenvalue weighted by Crippen LogP contribution is -2.45. The summed E-state index contributed by atoms with van der Waals surface area (Å²) in [5, 5.41) is 2.47. The molecule has 1 atom stereocenters. The molecule has 0 aliphatic carbocycles. The highest BCUT2D eigenvalue weighted by atomic mass is 19.4. The fraction of sp³-hybridized carbons (Fsp3) is 0.375. The van der Waals surface area contributed by atoms with Gasteiger partial charge in [0, 0.05) is 5.56 Å². The third-order valence-corrected chi connectivity index (χ3v) is 3.03. The molecule has 0 saturated carbocycles. The molecule has 1 amide bonds. The number of nitrogens with one attached hydrogen (secondary N) is 1. The van der Waals surface area contributed by atoms with Crippen LogP contribution < -0.4 is 5.32 Å². The SMILES string of the molecule is C=CCOC(=O)[C@@H](NC(=O)c1ccc(C(F)(F)F)cc1)C(C)C. The van der Waals surface area contributed by atoms with E-state index >= 15 is 0 Å². The van der Waals surface area contributed by atoms with E-state index in [2.05, 4.69) is 11.9 Å². The predicted octanol–water partition coefficient (Wildman–Crippen LogP) is 3.19. The van der Waals surface area contributed by atoms with Crippen LogP contribution in [0.5, 0.6) is 0 Å². The van der Waals surface area contributed by atoms with Crippen LogP contribution in [-0.4, -0.2) is 24.5 Å². The lowest BCUT2D eigenvalue weighted by molar-refractivity contribution is -0.145. The minimum atomic E-state index is -4.47.